The summed E-state index contributed by atoms with van der Waals surface area (Å²) >= 11 is 0. The summed E-state index contributed by atoms with van der Waals surface area (Å²) in [6, 6.07) is 24.9. The van der Waals surface area contributed by atoms with Gasteiger partial charge in [-0.05, 0) is 64.3 Å². The van der Waals surface area contributed by atoms with Crippen molar-refractivity contribution in [2.75, 3.05) is 6.54 Å². The molecule has 0 saturated heterocycles. The molecule has 1 aromatic heterocycles. The maximum atomic E-state index is 13.0. The van der Waals surface area contributed by atoms with Crippen LogP contribution in [0.4, 0.5) is 4.79 Å². The Kier molecular flexibility index (Phi) is 7.45. The summed E-state index contributed by atoms with van der Waals surface area (Å²) in [7, 11) is 0. The Labute approximate surface area is 213 Å². The van der Waals surface area contributed by atoms with Crippen molar-refractivity contribution in [2.45, 2.75) is 59.2 Å². The van der Waals surface area contributed by atoms with Crippen LogP contribution in [0.3, 0.4) is 0 Å². The van der Waals surface area contributed by atoms with E-state index in [0.717, 1.165) is 23.0 Å². The molecule has 1 amide bonds. The summed E-state index contributed by atoms with van der Waals surface area (Å²) in [6.07, 6.45) is 0.104. The first-order valence-corrected chi connectivity index (χ1v) is 12.4. The Hall–Kier alpha value is -3.64. The number of carbonyl (C=O) groups is 1. The highest BCUT2D eigenvalue weighted by Crippen LogP contribution is 2.22. The summed E-state index contributed by atoms with van der Waals surface area (Å²) in [5.74, 6) is 0. The predicted octanol–water partition coefficient (Wildman–Crippen LogP) is 5.69. The van der Waals surface area contributed by atoms with E-state index in [1.165, 1.54) is 16.7 Å². The van der Waals surface area contributed by atoms with Gasteiger partial charge in [0.05, 0.1) is 23.6 Å². The van der Waals surface area contributed by atoms with Gasteiger partial charge in [0.15, 0.2) is 0 Å². The molecule has 1 heterocycles. The number of benzene rings is 3. The van der Waals surface area contributed by atoms with Gasteiger partial charge in [-0.2, -0.15) is 0 Å². The highest BCUT2D eigenvalue weighted by molar-refractivity contribution is 5.77. The molecule has 0 saturated carbocycles. The summed E-state index contributed by atoms with van der Waals surface area (Å²) in [6.45, 7) is 10.6. The van der Waals surface area contributed by atoms with Crippen molar-refractivity contribution < 1.29 is 9.53 Å². The fourth-order valence-corrected chi connectivity index (χ4v) is 4.39. The van der Waals surface area contributed by atoms with E-state index in [1.54, 1.807) is 0 Å². The third kappa shape index (κ3) is 5.94. The van der Waals surface area contributed by atoms with Crippen LogP contribution in [0.2, 0.25) is 0 Å². The van der Waals surface area contributed by atoms with Crippen molar-refractivity contribution in [3.63, 3.8) is 0 Å². The SMILES string of the molecule is Cc1ccc(C[C@@H](CN)n2c(=NC(=O)OC(C)(C)C)n(Cc3ccc(C)cc3)c3ccccc32)cc1. The normalized spacial score (nSPS) is 13.2. The van der Waals surface area contributed by atoms with E-state index >= 15 is 0 Å². The van der Waals surface area contributed by atoms with Gasteiger partial charge in [0, 0.05) is 6.54 Å². The highest BCUT2D eigenvalue weighted by atomic mass is 16.6. The van der Waals surface area contributed by atoms with Gasteiger partial charge < -0.3 is 19.6 Å². The Morgan fingerprint density at radius 1 is 0.889 bits per heavy atom. The quantitative estimate of drug-likeness (QED) is 0.382. The molecule has 0 aliphatic rings. The fraction of sp³-hybridized carbons (Fsp3) is 0.333. The third-order valence-electron chi connectivity index (χ3n) is 6.16. The summed E-state index contributed by atoms with van der Waals surface area (Å²) in [4.78, 5) is 17.5. The number of imidazole rings is 1. The molecule has 188 valence electrons. The minimum absolute atomic E-state index is 0.0990. The van der Waals surface area contributed by atoms with Crippen molar-refractivity contribution >= 4 is 17.1 Å². The van der Waals surface area contributed by atoms with Crippen molar-refractivity contribution in [1.29, 1.82) is 0 Å². The number of nitrogens with two attached hydrogens (primary N) is 1. The number of fused-ring (bicyclic) bond motifs is 1. The van der Waals surface area contributed by atoms with Gasteiger partial charge in [0.1, 0.15) is 5.60 Å². The molecule has 0 bridgehead atoms. The average Bonchev–Trinajstić information content (AvgIpc) is 3.11. The Morgan fingerprint density at radius 3 is 2.00 bits per heavy atom. The molecule has 0 aliphatic heterocycles. The van der Waals surface area contributed by atoms with Crippen molar-refractivity contribution in [3.8, 4) is 0 Å². The van der Waals surface area contributed by atoms with Gasteiger partial charge in [-0.3, -0.25) is 0 Å². The number of ether oxygens (including phenoxy) is 1. The molecule has 3 aromatic carbocycles. The number of amides is 1. The van der Waals surface area contributed by atoms with E-state index in [9.17, 15) is 4.79 Å². The zero-order valence-corrected chi connectivity index (χ0v) is 21.9. The van der Waals surface area contributed by atoms with Gasteiger partial charge in [0.2, 0.25) is 5.62 Å². The zero-order chi connectivity index (χ0) is 25.9. The molecule has 0 spiro atoms. The van der Waals surface area contributed by atoms with E-state index in [1.807, 2.05) is 32.9 Å². The molecule has 0 radical (unpaired) electrons. The highest BCUT2D eigenvalue weighted by Gasteiger charge is 2.22. The average molecular weight is 485 g/mol. The number of aryl methyl sites for hydroxylation is 2. The van der Waals surface area contributed by atoms with Gasteiger partial charge in [-0.1, -0.05) is 71.8 Å². The molecule has 1 atom stereocenters. The van der Waals surface area contributed by atoms with Crippen LogP contribution < -0.4 is 11.4 Å². The number of hydrogen-bond donors (Lipinski definition) is 1. The number of hydrogen-bond acceptors (Lipinski definition) is 3. The molecule has 0 unspecified atom stereocenters. The maximum absolute atomic E-state index is 13.0. The number of aromatic nitrogens is 2. The van der Waals surface area contributed by atoms with Crippen LogP contribution in [0.1, 0.15) is 49.1 Å². The molecule has 0 fully saturated rings. The lowest BCUT2D eigenvalue weighted by molar-refractivity contribution is 0.0593. The number of para-hydroxylation sites is 2. The second-order valence-electron chi connectivity index (χ2n) is 10.4. The molecule has 2 N–H and O–H groups in total. The van der Waals surface area contributed by atoms with Crippen LogP contribution in [0, 0.1) is 13.8 Å². The van der Waals surface area contributed by atoms with Crippen molar-refractivity contribution in [1.82, 2.24) is 9.13 Å². The van der Waals surface area contributed by atoms with E-state index in [2.05, 4.69) is 88.6 Å². The summed E-state index contributed by atoms with van der Waals surface area (Å²) in [5.41, 5.74) is 12.9. The summed E-state index contributed by atoms with van der Waals surface area (Å²) in [5, 5.41) is 0. The molecule has 36 heavy (non-hydrogen) atoms. The molecule has 4 aromatic rings. The van der Waals surface area contributed by atoms with E-state index in [0.29, 0.717) is 18.7 Å². The second-order valence-corrected chi connectivity index (χ2v) is 10.4. The van der Waals surface area contributed by atoms with Gasteiger partial charge >= 0.3 is 6.09 Å². The second kappa shape index (κ2) is 10.5. The Morgan fingerprint density at radius 2 is 1.44 bits per heavy atom. The molecular formula is C30H36N4O2. The minimum atomic E-state index is -0.644. The lowest BCUT2D eigenvalue weighted by Crippen LogP contribution is -2.35. The minimum Gasteiger partial charge on any atom is -0.442 e. The zero-order valence-electron chi connectivity index (χ0n) is 21.9. The standard InChI is InChI=1S/C30H36N4O2/c1-21-10-14-23(15-11-21)18-25(19-31)34-27-9-7-6-8-26(27)33(20-24-16-12-22(2)13-17-24)28(34)32-29(35)36-30(3,4)5/h6-17,25H,18-20,31H2,1-5H3/t25-/m0/s1. The first kappa shape index (κ1) is 25.5. The molecule has 0 aliphatic carbocycles. The smallest absolute Gasteiger partial charge is 0.437 e. The van der Waals surface area contributed by atoms with Crippen molar-refractivity contribution in [2.24, 2.45) is 10.7 Å². The Bertz CT molecular complexity index is 1400. The molecule has 6 heteroatoms. The monoisotopic (exact) mass is 484 g/mol. The van der Waals surface area contributed by atoms with E-state index in [4.69, 9.17) is 10.5 Å². The predicted molar refractivity (Wildman–Crippen MR) is 145 cm³/mol. The lowest BCUT2D eigenvalue weighted by Gasteiger charge is -2.20. The van der Waals surface area contributed by atoms with E-state index in [-0.39, 0.29) is 6.04 Å². The van der Waals surface area contributed by atoms with Crippen LogP contribution in [0.25, 0.3) is 11.0 Å². The van der Waals surface area contributed by atoms with Crippen LogP contribution in [-0.2, 0) is 17.7 Å². The first-order valence-electron chi connectivity index (χ1n) is 12.4. The third-order valence-corrected chi connectivity index (χ3v) is 6.16. The Balaban J connectivity index is 1.92. The van der Waals surface area contributed by atoms with E-state index < -0.39 is 11.7 Å². The number of rotatable bonds is 6. The molecule has 4 rings (SSSR count). The molecular weight excluding hydrogens is 448 g/mol. The largest absolute Gasteiger partial charge is 0.442 e. The van der Waals surface area contributed by atoms with Crippen LogP contribution in [0.5, 0.6) is 0 Å². The van der Waals surface area contributed by atoms with Crippen LogP contribution in [0.15, 0.2) is 77.8 Å². The lowest BCUT2D eigenvalue weighted by atomic mass is 10.0. The fourth-order valence-electron chi connectivity index (χ4n) is 4.39. The number of carbonyl (C=O) groups excluding carboxylic acids is 1. The summed E-state index contributed by atoms with van der Waals surface area (Å²) < 4.78 is 9.78. The first-order chi connectivity index (χ1) is 17.1. The van der Waals surface area contributed by atoms with Gasteiger partial charge in [-0.25, -0.2) is 4.79 Å². The van der Waals surface area contributed by atoms with Gasteiger partial charge in [0.25, 0.3) is 0 Å². The maximum Gasteiger partial charge on any atom is 0.437 e. The number of nitrogens with zero attached hydrogens (tertiary/aromatic N) is 3. The van der Waals surface area contributed by atoms with Crippen LogP contribution >= 0.6 is 0 Å². The van der Waals surface area contributed by atoms with Crippen LogP contribution in [-0.4, -0.2) is 27.4 Å². The van der Waals surface area contributed by atoms with Crippen molar-refractivity contribution in [3.05, 3.63) is 101 Å². The van der Waals surface area contributed by atoms with Gasteiger partial charge in [-0.15, -0.1) is 4.99 Å². The topological polar surface area (TPSA) is 74.5 Å². The molecule has 6 nitrogen and oxygen atoms in total.